The first-order valence-corrected chi connectivity index (χ1v) is 21.9. The van der Waals surface area contributed by atoms with Crippen molar-refractivity contribution >= 4 is 25.0 Å². The molecule has 6 heteroatoms. The molecule has 0 N–H and O–H groups in total. The van der Waals surface area contributed by atoms with Gasteiger partial charge in [0, 0.05) is 11.1 Å². The van der Waals surface area contributed by atoms with Crippen LogP contribution < -0.4 is 4.43 Å². The van der Waals surface area contributed by atoms with Crippen molar-refractivity contribution in [1.29, 1.82) is 0 Å². The topological polar surface area (TPSA) is 27.7 Å². The van der Waals surface area contributed by atoms with Gasteiger partial charge in [-0.05, 0) is 93.9 Å². The summed E-state index contributed by atoms with van der Waals surface area (Å²) >= 11 is 0. The zero-order valence-corrected chi connectivity index (χ0v) is 26.0. The molecule has 1 aromatic rings. The highest BCUT2D eigenvalue weighted by Crippen LogP contribution is 2.40. The molecule has 31 heavy (non-hydrogen) atoms. The quantitative estimate of drug-likeness (QED) is 0.314. The zero-order chi connectivity index (χ0) is 24.5. The van der Waals surface area contributed by atoms with Crippen LogP contribution in [0.3, 0.4) is 0 Å². The van der Waals surface area contributed by atoms with Gasteiger partial charge in [-0.3, -0.25) is 0 Å². The van der Waals surface area contributed by atoms with Gasteiger partial charge in [-0.1, -0.05) is 34.6 Å². The average Bonchev–Trinajstić information content (AvgIpc) is 2.46. The third kappa shape index (κ3) is 11.3. The van der Waals surface area contributed by atoms with E-state index < -0.39 is 25.0 Å². The maximum absolute atomic E-state index is 6.67. The molecule has 0 aliphatic rings. The van der Waals surface area contributed by atoms with Gasteiger partial charge >= 0.3 is 0 Å². The fraction of sp³-hybridized carbons (Fsp3) is 0.760. The minimum Gasteiger partial charge on any atom is -0.544 e. The van der Waals surface area contributed by atoms with Crippen molar-refractivity contribution in [2.45, 2.75) is 119 Å². The van der Waals surface area contributed by atoms with Gasteiger partial charge in [0.2, 0.25) is 8.32 Å². The Morgan fingerprint density at radius 3 is 1.32 bits per heavy atom. The Labute approximate surface area is 196 Å². The second kappa shape index (κ2) is 9.84. The average molecular weight is 483 g/mol. The van der Waals surface area contributed by atoms with Crippen LogP contribution in [0.5, 0.6) is 5.75 Å². The number of hydrogen-bond donors (Lipinski definition) is 0. The largest absolute Gasteiger partial charge is 0.544 e. The summed E-state index contributed by atoms with van der Waals surface area (Å²) in [6, 6.07) is 4.69. The molecule has 0 saturated carbocycles. The standard InChI is InChI=1S/C25H50O3Si3/c1-24(2,3)19-25(4,5)22-15-20(17-26-29(6,7)8)23(28-31(12,13)14)21(16-22)18-27-30(9,10)11/h15-16H,17-19H2,1-14H3. The third-order valence-electron chi connectivity index (χ3n) is 4.73. The zero-order valence-electron chi connectivity index (χ0n) is 23.0. The van der Waals surface area contributed by atoms with E-state index in [1.54, 1.807) is 0 Å². The summed E-state index contributed by atoms with van der Waals surface area (Å²) < 4.78 is 19.4. The first-order valence-electron chi connectivity index (χ1n) is 11.7. The van der Waals surface area contributed by atoms with Gasteiger partial charge in [0.25, 0.3) is 0 Å². The first kappa shape index (κ1) is 28.6. The van der Waals surface area contributed by atoms with Gasteiger partial charge in [-0.15, -0.1) is 0 Å². The predicted octanol–water partition coefficient (Wildman–Crippen LogP) is 8.32. The summed E-state index contributed by atoms with van der Waals surface area (Å²) in [5.74, 6) is 1.01. The second-order valence-corrected chi connectivity index (χ2v) is 27.2. The lowest BCUT2D eigenvalue weighted by molar-refractivity contribution is 0.276. The lowest BCUT2D eigenvalue weighted by atomic mass is 9.71. The lowest BCUT2D eigenvalue weighted by Crippen LogP contribution is -2.32. The van der Waals surface area contributed by atoms with Crippen molar-refractivity contribution in [1.82, 2.24) is 0 Å². The molecule has 3 nitrogen and oxygen atoms in total. The Morgan fingerprint density at radius 2 is 1.03 bits per heavy atom. The number of rotatable bonds is 10. The fourth-order valence-corrected chi connectivity index (χ4v) is 5.86. The highest BCUT2D eigenvalue weighted by atomic mass is 28.4. The van der Waals surface area contributed by atoms with E-state index >= 15 is 0 Å². The molecule has 0 atom stereocenters. The molecule has 0 bridgehead atoms. The normalized spacial score (nSPS) is 14.1. The molecular weight excluding hydrogens is 433 g/mol. The smallest absolute Gasteiger partial charge is 0.242 e. The van der Waals surface area contributed by atoms with Crippen molar-refractivity contribution in [3.8, 4) is 5.75 Å². The van der Waals surface area contributed by atoms with Crippen molar-refractivity contribution in [3.05, 3.63) is 28.8 Å². The first-order chi connectivity index (χ1) is 13.6. The Balaban J connectivity index is 3.62. The van der Waals surface area contributed by atoms with Crippen molar-refractivity contribution in [2.75, 3.05) is 0 Å². The minimum absolute atomic E-state index is 0.0533. The van der Waals surface area contributed by atoms with Crippen LogP contribution in [0, 0.1) is 5.41 Å². The fourth-order valence-electron chi connectivity index (χ4n) is 3.81. The van der Waals surface area contributed by atoms with Crippen molar-refractivity contribution < 1.29 is 13.3 Å². The van der Waals surface area contributed by atoms with Crippen molar-refractivity contribution in [3.63, 3.8) is 0 Å². The summed E-state index contributed by atoms with van der Waals surface area (Å²) in [5, 5.41) is 0. The Kier molecular flexibility index (Phi) is 9.08. The van der Waals surface area contributed by atoms with Crippen LogP contribution in [-0.4, -0.2) is 25.0 Å². The SMILES string of the molecule is CC(C)(C)CC(C)(C)c1cc(CO[Si](C)(C)C)c(O[Si](C)(C)C)c(CO[Si](C)(C)C)c1. The Hall–Kier alpha value is -0.409. The summed E-state index contributed by atoms with van der Waals surface area (Å²) in [5.41, 5.74) is 4.02. The van der Waals surface area contributed by atoms with Gasteiger partial charge in [0.1, 0.15) is 5.75 Å². The number of benzene rings is 1. The Morgan fingerprint density at radius 1 is 0.645 bits per heavy atom. The third-order valence-corrected chi connectivity index (χ3v) is 7.56. The van der Waals surface area contributed by atoms with E-state index in [-0.39, 0.29) is 10.8 Å². The van der Waals surface area contributed by atoms with Crippen LogP contribution in [0.4, 0.5) is 0 Å². The van der Waals surface area contributed by atoms with Gasteiger partial charge in [0.05, 0.1) is 13.2 Å². The Bertz CT molecular complexity index is 691. The molecule has 0 aromatic heterocycles. The second-order valence-electron chi connectivity index (χ2n) is 13.8. The molecule has 0 fully saturated rings. The van der Waals surface area contributed by atoms with Crippen LogP contribution in [0.1, 0.15) is 57.7 Å². The van der Waals surface area contributed by atoms with Gasteiger partial charge in [-0.25, -0.2) is 0 Å². The lowest BCUT2D eigenvalue weighted by Gasteiger charge is -2.35. The summed E-state index contributed by atoms with van der Waals surface area (Å²) in [7, 11) is -5.12. The van der Waals surface area contributed by atoms with Crippen LogP contribution in [0.25, 0.3) is 0 Å². The molecule has 0 unspecified atom stereocenters. The van der Waals surface area contributed by atoms with Crippen LogP contribution >= 0.6 is 0 Å². The highest BCUT2D eigenvalue weighted by molar-refractivity contribution is 6.70. The van der Waals surface area contributed by atoms with Crippen molar-refractivity contribution in [2.24, 2.45) is 5.41 Å². The predicted molar refractivity (Wildman–Crippen MR) is 144 cm³/mol. The molecule has 0 saturated heterocycles. The monoisotopic (exact) mass is 482 g/mol. The maximum atomic E-state index is 6.67. The molecule has 0 radical (unpaired) electrons. The van der Waals surface area contributed by atoms with Crippen LogP contribution in [0.15, 0.2) is 12.1 Å². The molecule has 1 rings (SSSR count). The highest BCUT2D eigenvalue weighted by Gasteiger charge is 2.31. The summed E-state index contributed by atoms with van der Waals surface area (Å²) in [6.45, 7) is 33.1. The summed E-state index contributed by atoms with van der Waals surface area (Å²) in [6.07, 6.45) is 1.11. The maximum Gasteiger partial charge on any atom is 0.242 e. The molecule has 0 amide bonds. The van der Waals surface area contributed by atoms with E-state index in [1.807, 2.05) is 0 Å². The minimum atomic E-state index is -1.80. The van der Waals surface area contributed by atoms with E-state index in [1.165, 1.54) is 16.7 Å². The van der Waals surface area contributed by atoms with E-state index in [0.29, 0.717) is 13.2 Å². The van der Waals surface area contributed by atoms with Crippen LogP contribution in [0.2, 0.25) is 58.9 Å². The summed E-state index contributed by atoms with van der Waals surface area (Å²) in [4.78, 5) is 0. The molecule has 0 heterocycles. The van der Waals surface area contributed by atoms with Gasteiger partial charge in [0.15, 0.2) is 16.6 Å². The van der Waals surface area contributed by atoms with E-state index in [9.17, 15) is 0 Å². The molecule has 0 aliphatic heterocycles. The van der Waals surface area contributed by atoms with E-state index in [2.05, 4.69) is 106 Å². The molecular formula is C25H50O3Si3. The van der Waals surface area contributed by atoms with Gasteiger partial charge < -0.3 is 13.3 Å². The molecule has 0 spiro atoms. The van der Waals surface area contributed by atoms with E-state index in [0.717, 1.165) is 12.2 Å². The van der Waals surface area contributed by atoms with E-state index in [4.69, 9.17) is 13.3 Å². The van der Waals surface area contributed by atoms with Gasteiger partial charge in [-0.2, -0.15) is 0 Å². The molecule has 1 aromatic carbocycles. The molecule has 0 aliphatic carbocycles. The molecule has 180 valence electrons. The number of hydrogen-bond acceptors (Lipinski definition) is 3. The van der Waals surface area contributed by atoms with Crippen LogP contribution in [-0.2, 0) is 27.5 Å².